The van der Waals surface area contributed by atoms with E-state index in [0.29, 0.717) is 19.8 Å². The van der Waals surface area contributed by atoms with Crippen LogP contribution < -0.4 is 0 Å². The highest BCUT2D eigenvalue weighted by Gasteiger charge is 2.54. The highest BCUT2D eigenvalue weighted by atomic mass is 16.6. The van der Waals surface area contributed by atoms with E-state index in [2.05, 4.69) is 0 Å². The van der Waals surface area contributed by atoms with Gasteiger partial charge in [0, 0.05) is 21.3 Å². The summed E-state index contributed by atoms with van der Waals surface area (Å²) in [7, 11) is 5.02. The third-order valence-corrected chi connectivity index (χ3v) is 6.62. The van der Waals surface area contributed by atoms with Crippen LogP contribution in [0.3, 0.4) is 0 Å². The van der Waals surface area contributed by atoms with Crippen molar-refractivity contribution in [3.8, 4) is 0 Å². The Morgan fingerprint density at radius 1 is 0.389 bits per heavy atom. The summed E-state index contributed by atoms with van der Waals surface area (Å²) in [5.41, 5.74) is 3.21. The number of hydrogen-bond acceptors (Lipinski definition) is 6. The summed E-state index contributed by atoms with van der Waals surface area (Å²) in [6.45, 7) is 1.25. The number of benzene rings is 3. The average molecular weight is 493 g/mol. The van der Waals surface area contributed by atoms with Gasteiger partial charge in [-0.05, 0) is 16.7 Å². The molecular formula is C30H36O6. The van der Waals surface area contributed by atoms with Gasteiger partial charge in [0.25, 0.3) is 0 Å². The fraction of sp³-hybridized carbons (Fsp3) is 0.400. The van der Waals surface area contributed by atoms with Crippen molar-refractivity contribution in [1.29, 1.82) is 0 Å². The molecule has 0 aromatic heterocycles. The molecular weight excluding hydrogens is 456 g/mol. The predicted octanol–water partition coefficient (Wildman–Crippen LogP) is 4.80. The molecule has 6 heteroatoms. The van der Waals surface area contributed by atoms with Crippen LogP contribution >= 0.6 is 0 Å². The first-order valence-corrected chi connectivity index (χ1v) is 12.3. The van der Waals surface area contributed by atoms with Gasteiger partial charge in [-0.3, -0.25) is 0 Å². The molecule has 0 N–H and O–H groups in total. The van der Waals surface area contributed by atoms with Gasteiger partial charge in [-0.15, -0.1) is 0 Å². The van der Waals surface area contributed by atoms with Crippen molar-refractivity contribution in [2.24, 2.45) is 0 Å². The predicted molar refractivity (Wildman–Crippen MR) is 137 cm³/mol. The zero-order chi connectivity index (χ0) is 25.2. The lowest BCUT2D eigenvalue weighted by molar-refractivity contribution is -0.276. The molecule has 1 aliphatic carbocycles. The maximum atomic E-state index is 6.52. The SMILES string of the molecule is CO[C@@H]1[C@H](OC)[C@H](OCc2ccccc2)[C@@H](OC)[C@H](OCc2ccccc2)[C@H]1OCc1ccccc1. The zero-order valence-electron chi connectivity index (χ0n) is 21.2. The van der Waals surface area contributed by atoms with Gasteiger partial charge < -0.3 is 28.4 Å². The lowest BCUT2D eigenvalue weighted by atomic mass is 9.83. The largest absolute Gasteiger partial charge is 0.376 e. The molecule has 4 rings (SSSR count). The van der Waals surface area contributed by atoms with Gasteiger partial charge in [-0.1, -0.05) is 91.0 Å². The molecule has 0 saturated heterocycles. The molecule has 36 heavy (non-hydrogen) atoms. The van der Waals surface area contributed by atoms with E-state index in [-0.39, 0.29) is 0 Å². The van der Waals surface area contributed by atoms with Crippen molar-refractivity contribution in [3.05, 3.63) is 108 Å². The molecule has 0 aliphatic heterocycles. The molecule has 3 aromatic rings. The third kappa shape index (κ3) is 6.59. The number of ether oxygens (including phenoxy) is 6. The van der Waals surface area contributed by atoms with Crippen LogP contribution in [-0.2, 0) is 48.2 Å². The van der Waals surface area contributed by atoms with E-state index in [9.17, 15) is 0 Å². The van der Waals surface area contributed by atoms with Gasteiger partial charge in [-0.25, -0.2) is 0 Å². The number of methoxy groups -OCH3 is 3. The Balaban J connectivity index is 1.60. The van der Waals surface area contributed by atoms with Gasteiger partial charge in [0.15, 0.2) is 0 Å². The van der Waals surface area contributed by atoms with Crippen LogP contribution in [-0.4, -0.2) is 58.0 Å². The summed E-state index contributed by atoms with van der Waals surface area (Å²) in [6.07, 6.45) is -2.59. The Labute approximate surface area is 214 Å². The minimum Gasteiger partial charge on any atom is -0.376 e. The summed E-state index contributed by atoms with van der Waals surface area (Å²) in [6, 6.07) is 30.2. The first-order valence-electron chi connectivity index (χ1n) is 12.3. The molecule has 0 unspecified atom stereocenters. The normalized spacial score (nSPS) is 26.1. The van der Waals surface area contributed by atoms with Crippen molar-refractivity contribution in [2.75, 3.05) is 21.3 Å². The summed E-state index contributed by atoms with van der Waals surface area (Å²) < 4.78 is 37.4. The van der Waals surface area contributed by atoms with Crippen LogP contribution in [0.4, 0.5) is 0 Å². The smallest absolute Gasteiger partial charge is 0.115 e. The number of hydrogen-bond donors (Lipinski definition) is 0. The van der Waals surface area contributed by atoms with E-state index in [1.54, 1.807) is 21.3 Å². The summed E-state index contributed by atoms with van der Waals surface area (Å²) in [5, 5.41) is 0. The van der Waals surface area contributed by atoms with Crippen molar-refractivity contribution in [3.63, 3.8) is 0 Å². The Hall–Kier alpha value is -2.58. The molecule has 1 aliphatic rings. The molecule has 0 heterocycles. The van der Waals surface area contributed by atoms with Gasteiger partial charge >= 0.3 is 0 Å². The van der Waals surface area contributed by atoms with Crippen LogP contribution in [0, 0.1) is 0 Å². The van der Waals surface area contributed by atoms with E-state index in [1.807, 2.05) is 91.0 Å². The average Bonchev–Trinajstić information content (AvgIpc) is 2.94. The molecule has 6 nitrogen and oxygen atoms in total. The molecule has 1 saturated carbocycles. The van der Waals surface area contributed by atoms with Crippen LogP contribution in [0.1, 0.15) is 16.7 Å². The fourth-order valence-corrected chi connectivity index (χ4v) is 4.80. The van der Waals surface area contributed by atoms with Crippen LogP contribution in [0.15, 0.2) is 91.0 Å². The lowest BCUT2D eigenvalue weighted by Gasteiger charge is -2.48. The Morgan fingerprint density at radius 3 is 0.917 bits per heavy atom. The second-order valence-corrected chi connectivity index (χ2v) is 8.88. The van der Waals surface area contributed by atoms with Crippen molar-refractivity contribution in [2.45, 2.75) is 56.4 Å². The number of rotatable bonds is 12. The van der Waals surface area contributed by atoms with E-state index < -0.39 is 36.6 Å². The van der Waals surface area contributed by atoms with E-state index in [4.69, 9.17) is 28.4 Å². The quantitative estimate of drug-likeness (QED) is 0.362. The van der Waals surface area contributed by atoms with Crippen molar-refractivity contribution >= 4 is 0 Å². The minimum atomic E-state index is -0.448. The van der Waals surface area contributed by atoms with Gasteiger partial charge in [0.05, 0.1) is 19.8 Å². The monoisotopic (exact) mass is 492 g/mol. The highest BCUT2D eigenvalue weighted by Crippen LogP contribution is 2.34. The molecule has 6 atom stereocenters. The van der Waals surface area contributed by atoms with Crippen LogP contribution in [0.2, 0.25) is 0 Å². The van der Waals surface area contributed by atoms with E-state index in [0.717, 1.165) is 16.7 Å². The topological polar surface area (TPSA) is 55.4 Å². The molecule has 1 fully saturated rings. The zero-order valence-corrected chi connectivity index (χ0v) is 21.2. The Morgan fingerprint density at radius 2 is 0.639 bits per heavy atom. The standard InChI is InChI=1S/C30H36O6/c1-31-25-26(32-2)29(35-20-23-15-9-5-10-16-23)30(36-21-24-17-11-6-12-18-24)27(33-3)28(25)34-19-22-13-7-4-8-14-22/h4-18,25-30H,19-21H2,1-3H3/t25-,26+,27+,28-,29-,30-/m0/s1. The van der Waals surface area contributed by atoms with Gasteiger partial charge in [0.2, 0.25) is 0 Å². The first kappa shape index (κ1) is 26.5. The molecule has 0 bridgehead atoms. The minimum absolute atomic E-state index is 0.413. The second-order valence-electron chi connectivity index (χ2n) is 8.88. The fourth-order valence-electron chi connectivity index (χ4n) is 4.80. The van der Waals surface area contributed by atoms with Gasteiger partial charge in [0.1, 0.15) is 36.6 Å². The van der Waals surface area contributed by atoms with Crippen LogP contribution in [0.25, 0.3) is 0 Å². The highest BCUT2D eigenvalue weighted by molar-refractivity contribution is 5.16. The summed E-state index contributed by atoms with van der Waals surface area (Å²) >= 11 is 0. The third-order valence-electron chi connectivity index (χ3n) is 6.62. The van der Waals surface area contributed by atoms with Crippen molar-refractivity contribution in [1.82, 2.24) is 0 Å². The van der Waals surface area contributed by atoms with E-state index >= 15 is 0 Å². The molecule has 3 aromatic carbocycles. The molecule has 0 radical (unpaired) electrons. The molecule has 192 valence electrons. The van der Waals surface area contributed by atoms with Crippen LogP contribution in [0.5, 0.6) is 0 Å². The summed E-state index contributed by atoms with van der Waals surface area (Å²) in [4.78, 5) is 0. The Kier molecular flexibility index (Phi) is 10.0. The Bertz CT molecular complexity index is 1000. The van der Waals surface area contributed by atoms with Gasteiger partial charge in [-0.2, -0.15) is 0 Å². The maximum absolute atomic E-state index is 6.52. The maximum Gasteiger partial charge on any atom is 0.115 e. The molecule has 0 spiro atoms. The lowest BCUT2D eigenvalue weighted by Crippen LogP contribution is -2.67. The van der Waals surface area contributed by atoms with E-state index in [1.165, 1.54) is 0 Å². The van der Waals surface area contributed by atoms with Crippen molar-refractivity contribution < 1.29 is 28.4 Å². The summed E-state index contributed by atoms with van der Waals surface area (Å²) in [5.74, 6) is 0. The molecule has 0 amide bonds. The first-order chi connectivity index (χ1) is 17.7. The second kappa shape index (κ2) is 13.7.